The molecule has 0 saturated carbocycles. The highest BCUT2D eigenvalue weighted by Crippen LogP contribution is 2.15. The first-order valence-electron chi connectivity index (χ1n) is 8.04. The molecule has 1 aliphatic heterocycles. The third-order valence-electron chi connectivity index (χ3n) is 3.97. The van der Waals surface area contributed by atoms with E-state index in [1.807, 2.05) is 18.3 Å². The van der Waals surface area contributed by atoms with Crippen molar-refractivity contribution in [1.82, 2.24) is 14.9 Å². The van der Waals surface area contributed by atoms with E-state index in [1.165, 1.54) is 5.56 Å². The molecule has 2 heterocycles. The molecular weight excluding hydrogens is 286 g/mol. The van der Waals surface area contributed by atoms with Gasteiger partial charge in [0.15, 0.2) is 0 Å². The molecule has 5 heteroatoms. The zero-order chi connectivity index (χ0) is 15.9. The van der Waals surface area contributed by atoms with Crippen LogP contribution in [0.5, 0.6) is 0 Å². The summed E-state index contributed by atoms with van der Waals surface area (Å²) in [6, 6.07) is 12.5. The van der Waals surface area contributed by atoms with Crippen LogP contribution in [0.3, 0.4) is 0 Å². The van der Waals surface area contributed by atoms with Gasteiger partial charge in [-0.05, 0) is 11.6 Å². The van der Waals surface area contributed by atoms with Gasteiger partial charge < -0.3 is 10.2 Å². The third kappa shape index (κ3) is 4.29. The SMILES string of the molecule is C=CCNc1ccnc(N2CCN(Cc3ccccc3)CC2)n1. The minimum Gasteiger partial charge on any atom is -0.366 e. The molecule has 0 aliphatic carbocycles. The van der Waals surface area contributed by atoms with E-state index < -0.39 is 0 Å². The van der Waals surface area contributed by atoms with Crippen LogP contribution in [0.1, 0.15) is 5.56 Å². The molecule has 0 bridgehead atoms. The van der Waals surface area contributed by atoms with Crippen molar-refractivity contribution >= 4 is 11.8 Å². The van der Waals surface area contributed by atoms with Crippen LogP contribution in [0.2, 0.25) is 0 Å². The molecule has 5 nitrogen and oxygen atoms in total. The van der Waals surface area contributed by atoms with E-state index in [4.69, 9.17) is 0 Å². The normalized spacial score (nSPS) is 15.4. The summed E-state index contributed by atoms with van der Waals surface area (Å²) in [4.78, 5) is 13.7. The van der Waals surface area contributed by atoms with Crippen LogP contribution in [0.4, 0.5) is 11.8 Å². The molecule has 2 aromatic rings. The van der Waals surface area contributed by atoms with Gasteiger partial charge in [0, 0.05) is 45.5 Å². The van der Waals surface area contributed by atoms with Crippen molar-refractivity contribution in [3.63, 3.8) is 0 Å². The summed E-state index contributed by atoms with van der Waals surface area (Å²) >= 11 is 0. The molecule has 1 aromatic carbocycles. The van der Waals surface area contributed by atoms with Gasteiger partial charge in [-0.25, -0.2) is 4.98 Å². The average Bonchev–Trinajstić information content (AvgIpc) is 2.62. The van der Waals surface area contributed by atoms with Crippen LogP contribution in [-0.4, -0.2) is 47.6 Å². The summed E-state index contributed by atoms with van der Waals surface area (Å²) < 4.78 is 0. The smallest absolute Gasteiger partial charge is 0.227 e. The average molecular weight is 309 g/mol. The van der Waals surface area contributed by atoms with Crippen LogP contribution in [0.15, 0.2) is 55.3 Å². The second kappa shape index (κ2) is 7.74. The first-order chi connectivity index (χ1) is 11.3. The van der Waals surface area contributed by atoms with Crippen LogP contribution < -0.4 is 10.2 Å². The monoisotopic (exact) mass is 309 g/mol. The van der Waals surface area contributed by atoms with Gasteiger partial charge >= 0.3 is 0 Å². The Kier molecular flexibility index (Phi) is 5.21. The van der Waals surface area contributed by atoms with Crippen LogP contribution in [0.25, 0.3) is 0 Å². The summed E-state index contributed by atoms with van der Waals surface area (Å²) in [5.41, 5.74) is 1.37. The molecule has 1 N–H and O–H groups in total. The fourth-order valence-corrected chi connectivity index (χ4v) is 2.72. The minimum absolute atomic E-state index is 0.710. The van der Waals surface area contributed by atoms with E-state index in [-0.39, 0.29) is 0 Å². The molecular formula is C18H23N5. The van der Waals surface area contributed by atoms with Crippen molar-refractivity contribution in [3.05, 3.63) is 60.8 Å². The molecule has 1 aliphatic rings. The van der Waals surface area contributed by atoms with Gasteiger partial charge in [-0.15, -0.1) is 6.58 Å². The van der Waals surface area contributed by atoms with E-state index >= 15 is 0 Å². The van der Waals surface area contributed by atoms with Crippen molar-refractivity contribution in [3.8, 4) is 0 Å². The van der Waals surface area contributed by atoms with E-state index in [0.29, 0.717) is 6.54 Å². The quantitative estimate of drug-likeness (QED) is 0.830. The fourth-order valence-electron chi connectivity index (χ4n) is 2.72. The molecule has 23 heavy (non-hydrogen) atoms. The Bertz CT molecular complexity index is 620. The van der Waals surface area contributed by atoms with Gasteiger partial charge in [0.05, 0.1) is 0 Å². The first kappa shape index (κ1) is 15.5. The van der Waals surface area contributed by atoms with Crippen molar-refractivity contribution in [2.45, 2.75) is 6.54 Å². The highest BCUT2D eigenvalue weighted by molar-refractivity contribution is 5.42. The van der Waals surface area contributed by atoms with Crippen LogP contribution in [0, 0.1) is 0 Å². The summed E-state index contributed by atoms with van der Waals surface area (Å²) in [7, 11) is 0. The lowest BCUT2D eigenvalue weighted by molar-refractivity contribution is 0.248. The summed E-state index contributed by atoms with van der Waals surface area (Å²) in [5, 5.41) is 3.21. The zero-order valence-corrected chi connectivity index (χ0v) is 13.4. The molecule has 1 fully saturated rings. The summed E-state index contributed by atoms with van der Waals surface area (Å²) in [5.74, 6) is 1.65. The lowest BCUT2D eigenvalue weighted by Gasteiger charge is -2.34. The topological polar surface area (TPSA) is 44.3 Å². The molecule has 1 saturated heterocycles. The fraction of sp³-hybridized carbons (Fsp3) is 0.333. The standard InChI is InChI=1S/C18H23N5/c1-2-9-19-17-8-10-20-18(21-17)23-13-11-22(12-14-23)15-16-6-4-3-5-7-16/h2-8,10H,1,9,11-15H2,(H,19,20,21). The Hall–Kier alpha value is -2.40. The first-order valence-corrected chi connectivity index (χ1v) is 8.04. The predicted octanol–water partition coefficient (Wildman–Crippen LogP) is 2.40. The van der Waals surface area contributed by atoms with Gasteiger partial charge in [-0.1, -0.05) is 36.4 Å². The molecule has 1 aromatic heterocycles. The number of hydrogen-bond acceptors (Lipinski definition) is 5. The largest absolute Gasteiger partial charge is 0.366 e. The highest BCUT2D eigenvalue weighted by atomic mass is 15.3. The molecule has 0 amide bonds. The van der Waals surface area contributed by atoms with Crippen molar-refractivity contribution in [1.29, 1.82) is 0 Å². The maximum atomic E-state index is 4.58. The number of anilines is 2. The second-order valence-electron chi connectivity index (χ2n) is 5.66. The molecule has 0 spiro atoms. The molecule has 120 valence electrons. The van der Waals surface area contributed by atoms with Crippen LogP contribution >= 0.6 is 0 Å². The van der Waals surface area contributed by atoms with Crippen molar-refractivity contribution in [2.75, 3.05) is 42.9 Å². The van der Waals surface area contributed by atoms with E-state index in [0.717, 1.165) is 44.5 Å². The Morgan fingerprint density at radius 1 is 1.09 bits per heavy atom. The van der Waals surface area contributed by atoms with Crippen LogP contribution in [-0.2, 0) is 6.54 Å². The number of benzene rings is 1. The van der Waals surface area contributed by atoms with E-state index in [2.05, 4.69) is 62.0 Å². The Balaban J connectivity index is 1.55. The lowest BCUT2D eigenvalue weighted by Crippen LogP contribution is -2.46. The molecule has 0 radical (unpaired) electrons. The lowest BCUT2D eigenvalue weighted by atomic mass is 10.2. The number of aromatic nitrogens is 2. The number of nitrogens with zero attached hydrogens (tertiary/aromatic N) is 4. The van der Waals surface area contributed by atoms with Gasteiger partial charge in [0.1, 0.15) is 5.82 Å². The molecule has 0 atom stereocenters. The maximum absolute atomic E-state index is 4.58. The minimum atomic E-state index is 0.710. The summed E-state index contributed by atoms with van der Waals surface area (Å²) in [6.07, 6.45) is 3.63. The van der Waals surface area contributed by atoms with Gasteiger partial charge in [0.2, 0.25) is 5.95 Å². The Morgan fingerprint density at radius 2 is 1.87 bits per heavy atom. The van der Waals surface area contributed by atoms with E-state index in [9.17, 15) is 0 Å². The molecule has 0 unspecified atom stereocenters. The van der Waals surface area contributed by atoms with E-state index in [1.54, 1.807) is 0 Å². The second-order valence-corrected chi connectivity index (χ2v) is 5.66. The third-order valence-corrected chi connectivity index (χ3v) is 3.97. The molecule has 3 rings (SSSR count). The number of piperazine rings is 1. The Morgan fingerprint density at radius 3 is 2.61 bits per heavy atom. The van der Waals surface area contributed by atoms with Gasteiger partial charge in [0.25, 0.3) is 0 Å². The highest BCUT2D eigenvalue weighted by Gasteiger charge is 2.19. The number of rotatable bonds is 6. The Labute approximate surface area is 137 Å². The maximum Gasteiger partial charge on any atom is 0.227 e. The van der Waals surface area contributed by atoms with Crippen molar-refractivity contribution in [2.24, 2.45) is 0 Å². The van der Waals surface area contributed by atoms with Crippen molar-refractivity contribution < 1.29 is 0 Å². The zero-order valence-electron chi connectivity index (χ0n) is 13.4. The number of hydrogen-bond donors (Lipinski definition) is 1. The summed E-state index contributed by atoms with van der Waals surface area (Å²) in [6.45, 7) is 9.40. The van der Waals surface area contributed by atoms with Gasteiger partial charge in [-0.2, -0.15) is 4.98 Å². The number of nitrogens with one attached hydrogen (secondary N) is 1. The van der Waals surface area contributed by atoms with Gasteiger partial charge in [-0.3, -0.25) is 4.90 Å². The predicted molar refractivity (Wildman–Crippen MR) is 94.7 cm³/mol.